The van der Waals surface area contributed by atoms with Crippen molar-refractivity contribution in [1.29, 1.82) is 0 Å². The maximum absolute atomic E-state index is 12.0. The molecule has 0 saturated carbocycles. The molecule has 0 radical (unpaired) electrons. The van der Waals surface area contributed by atoms with Crippen molar-refractivity contribution in [3.8, 4) is 5.75 Å². The molecule has 18 heavy (non-hydrogen) atoms. The van der Waals surface area contributed by atoms with E-state index in [4.69, 9.17) is 10.5 Å². The number of nitrogens with two attached hydrogens (primary N) is 1. The highest BCUT2D eigenvalue weighted by Crippen LogP contribution is 2.16. The molecule has 0 aromatic heterocycles. The number of carbonyl (C=O) groups is 1. The average molecular weight is 249 g/mol. The van der Waals surface area contributed by atoms with Gasteiger partial charge in [-0.2, -0.15) is 0 Å². The summed E-state index contributed by atoms with van der Waals surface area (Å²) in [4.78, 5) is 12.0. The summed E-state index contributed by atoms with van der Waals surface area (Å²) in [5, 5.41) is 0. The highest BCUT2D eigenvalue weighted by Gasteiger charge is 2.08. The first-order valence-electron chi connectivity index (χ1n) is 6.63. The van der Waals surface area contributed by atoms with Gasteiger partial charge in [0.25, 0.3) is 0 Å². The summed E-state index contributed by atoms with van der Waals surface area (Å²) < 4.78 is 5.35. The van der Waals surface area contributed by atoms with Gasteiger partial charge in [0.15, 0.2) is 5.78 Å². The number of benzene rings is 1. The minimum Gasteiger partial charge on any atom is -0.494 e. The lowest BCUT2D eigenvalue weighted by Crippen LogP contribution is -2.08. The van der Waals surface area contributed by atoms with E-state index in [2.05, 4.69) is 6.92 Å². The summed E-state index contributed by atoms with van der Waals surface area (Å²) in [6.45, 7) is 5.42. The SMILES string of the molecule is CCOc1ccc(C(=O)CCC(C)CCN)cc1. The fourth-order valence-electron chi connectivity index (χ4n) is 1.85. The molecule has 3 heteroatoms. The predicted octanol–water partition coefficient (Wildman–Crippen LogP) is 3.03. The van der Waals surface area contributed by atoms with E-state index in [1.165, 1.54) is 0 Å². The van der Waals surface area contributed by atoms with E-state index in [9.17, 15) is 4.79 Å². The first-order chi connectivity index (χ1) is 8.67. The molecule has 0 aliphatic heterocycles. The molecular weight excluding hydrogens is 226 g/mol. The molecule has 0 saturated heterocycles. The van der Waals surface area contributed by atoms with Crippen LogP contribution >= 0.6 is 0 Å². The van der Waals surface area contributed by atoms with Crippen molar-refractivity contribution in [2.45, 2.75) is 33.1 Å². The largest absolute Gasteiger partial charge is 0.494 e. The number of rotatable bonds is 8. The average Bonchev–Trinajstić information content (AvgIpc) is 2.37. The van der Waals surface area contributed by atoms with Crippen LogP contribution in [-0.2, 0) is 0 Å². The van der Waals surface area contributed by atoms with Crippen molar-refractivity contribution in [3.05, 3.63) is 29.8 Å². The van der Waals surface area contributed by atoms with Crippen molar-refractivity contribution >= 4 is 5.78 Å². The Balaban J connectivity index is 2.46. The topological polar surface area (TPSA) is 52.3 Å². The van der Waals surface area contributed by atoms with Crippen LogP contribution < -0.4 is 10.5 Å². The second-order valence-corrected chi connectivity index (χ2v) is 4.60. The first-order valence-corrected chi connectivity index (χ1v) is 6.63. The van der Waals surface area contributed by atoms with Gasteiger partial charge in [0.1, 0.15) is 5.75 Å². The predicted molar refractivity (Wildman–Crippen MR) is 74.0 cm³/mol. The molecule has 2 N–H and O–H groups in total. The smallest absolute Gasteiger partial charge is 0.162 e. The van der Waals surface area contributed by atoms with Crippen LogP contribution in [0.2, 0.25) is 0 Å². The third-order valence-electron chi connectivity index (χ3n) is 3.01. The highest BCUT2D eigenvalue weighted by molar-refractivity contribution is 5.96. The monoisotopic (exact) mass is 249 g/mol. The van der Waals surface area contributed by atoms with Gasteiger partial charge in [-0.1, -0.05) is 6.92 Å². The Morgan fingerprint density at radius 1 is 1.28 bits per heavy atom. The van der Waals surface area contributed by atoms with Crippen LogP contribution in [0.4, 0.5) is 0 Å². The molecule has 0 aliphatic carbocycles. The van der Waals surface area contributed by atoms with Gasteiger partial charge < -0.3 is 10.5 Å². The summed E-state index contributed by atoms with van der Waals surface area (Å²) in [6.07, 6.45) is 2.48. The number of hydrogen-bond donors (Lipinski definition) is 1. The van der Waals surface area contributed by atoms with Gasteiger partial charge in [0, 0.05) is 12.0 Å². The van der Waals surface area contributed by atoms with Gasteiger partial charge in [-0.25, -0.2) is 0 Å². The van der Waals surface area contributed by atoms with Gasteiger partial charge in [0.2, 0.25) is 0 Å². The van der Waals surface area contributed by atoms with Crippen LogP contribution in [0.1, 0.15) is 43.5 Å². The van der Waals surface area contributed by atoms with Crippen LogP contribution in [0.3, 0.4) is 0 Å². The van der Waals surface area contributed by atoms with Gasteiger partial charge in [-0.3, -0.25) is 4.79 Å². The molecule has 0 bridgehead atoms. The molecule has 1 rings (SSSR count). The molecular formula is C15H23NO2. The maximum atomic E-state index is 12.0. The maximum Gasteiger partial charge on any atom is 0.162 e. The van der Waals surface area contributed by atoms with Gasteiger partial charge in [-0.05, 0) is 56.5 Å². The Morgan fingerprint density at radius 3 is 2.50 bits per heavy atom. The molecule has 0 fully saturated rings. The van der Waals surface area contributed by atoms with Crippen LogP contribution in [-0.4, -0.2) is 18.9 Å². The second kappa shape index (κ2) is 7.88. The highest BCUT2D eigenvalue weighted by atomic mass is 16.5. The summed E-state index contributed by atoms with van der Waals surface area (Å²) in [6, 6.07) is 7.36. The molecule has 1 aromatic carbocycles. The minimum atomic E-state index is 0.196. The van der Waals surface area contributed by atoms with E-state index in [0.717, 1.165) is 24.2 Å². The number of Topliss-reactive ketones (excluding diaryl/α,β-unsaturated/α-hetero) is 1. The summed E-state index contributed by atoms with van der Waals surface area (Å²) in [5.41, 5.74) is 6.26. The van der Waals surface area contributed by atoms with Gasteiger partial charge in [0.05, 0.1) is 6.61 Å². The Morgan fingerprint density at radius 2 is 1.94 bits per heavy atom. The molecule has 0 amide bonds. The van der Waals surface area contributed by atoms with Crippen LogP contribution in [0.15, 0.2) is 24.3 Å². The number of ketones is 1. The number of hydrogen-bond acceptors (Lipinski definition) is 3. The van der Waals surface area contributed by atoms with Crippen LogP contribution in [0, 0.1) is 5.92 Å². The lowest BCUT2D eigenvalue weighted by molar-refractivity contribution is 0.0974. The van der Waals surface area contributed by atoms with Crippen LogP contribution in [0.5, 0.6) is 5.75 Å². The standard InChI is InChI=1S/C15H23NO2/c1-3-18-14-7-5-13(6-8-14)15(17)9-4-12(2)10-11-16/h5-8,12H,3-4,9-11,16H2,1-2H3. The van der Waals surface area contributed by atoms with E-state index in [-0.39, 0.29) is 5.78 Å². The summed E-state index contributed by atoms with van der Waals surface area (Å²) in [5.74, 6) is 1.52. The van der Waals surface area contributed by atoms with E-state index < -0.39 is 0 Å². The number of ether oxygens (including phenoxy) is 1. The number of carbonyl (C=O) groups excluding carboxylic acids is 1. The van der Waals surface area contributed by atoms with Crippen LogP contribution in [0.25, 0.3) is 0 Å². The van der Waals surface area contributed by atoms with E-state index in [1.807, 2.05) is 31.2 Å². The van der Waals surface area contributed by atoms with Crippen molar-refractivity contribution < 1.29 is 9.53 Å². The molecule has 1 aromatic rings. The van der Waals surface area contributed by atoms with E-state index in [0.29, 0.717) is 25.5 Å². The molecule has 1 atom stereocenters. The lowest BCUT2D eigenvalue weighted by atomic mass is 9.97. The van der Waals surface area contributed by atoms with Gasteiger partial charge in [-0.15, -0.1) is 0 Å². The quantitative estimate of drug-likeness (QED) is 0.720. The lowest BCUT2D eigenvalue weighted by Gasteiger charge is -2.09. The van der Waals surface area contributed by atoms with Crippen molar-refractivity contribution in [2.24, 2.45) is 11.7 Å². The van der Waals surface area contributed by atoms with E-state index >= 15 is 0 Å². The fraction of sp³-hybridized carbons (Fsp3) is 0.533. The molecule has 100 valence electrons. The Labute approximate surface area is 109 Å². The molecule has 3 nitrogen and oxygen atoms in total. The summed E-state index contributed by atoms with van der Waals surface area (Å²) >= 11 is 0. The Hall–Kier alpha value is -1.35. The summed E-state index contributed by atoms with van der Waals surface area (Å²) in [7, 11) is 0. The third-order valence-corrected chi connectivity index (χ3v) is 3.01. The minimum absolute atomic E-state index is 0.196. The molecule has 0 heterocycles. The Kier molecular flexibility index (Phi) is 6.44. The zero-order chi connectivity index (χ0) is 13.4. The third kappa shape index (κ3) is 4.88. The molecule has 0 aliphatic rings. The normalized spacial score (nSPS) is 12.2. The van der Waals surface area contributed by atoms with Crippen molar-refractivity contribution in [2.75, 3.05) is 13.2 Å². The first kappa shape index (κ1) is 14.7. The molecule has 0 spiro atoms. The molecule has 1 unspecified atom stereocenters. The zero-order valence-electron chi connectivity index (χ0n) is 11.3. The second-order valence-electron chi connectivity index (χ2n) is 4.60. The van der Waals surface area contributed by atoms with Crippen molar-refractivity contribution in [3.63, 3.8) is 0 Å². The van der Waals surface area contributed by atoms with Crippen molar-refractivity contribution in [1.82, 2.24) is 0 Å². The fourth-order valence-corrected chi connectivity index (χ4v) is 1.85. The zero-order valence-corrected chi connectivity index (χ0v) is 11.3. The van der Waals surface area contributed by atoms with E-state index in [1.54, 1.807) is 0 Å². The Bertz CT molecular complexity index is 359. The van der Waals surface area contributed by atoms with Gasteiger partial charge >= 0.3 is 0 Å².